The second-order valence-electron chi connectivity index (χ2n) is 4.66. The lowest BCUT2D eigenvalue weighted by atomic mass is 10.2. The van der Waals surface area contributed by atoms with Crippen LogP contribution in [0, 0.1) is 17.6 Å². The molecule has 0 aliphatic rings. The van der Waals surface area contributed by atoms with Crippen molar-refractivity contribution in [2.24, 2.45) is 5.92 Å². The van der Waals surface area contributed by atoms with Crippen molar-refractivity contribution in [3.05, 3.63) is 40.9 Å². The van der Waals surface area contributed by atoms with Crippen molar-refractivity contribution in [1.29, 1.82) is 0 Å². The Morgan fingerprint density at radius 2 is 2.19 bits per heavy atom. The molecule has 0 bridgehead atoms. The van der Waals surface area contributed by atoms with E-state index in [0.29, 0.717) is 22.0 Å². The van der Waals surface area contributed by atoms with Gasteiger partial charge in [-0.25, -0.2) is 13.8 Å². The molecule has 4 nitrogen and oxygen atoms in total. The number of carbonyl (C=O) groups excluding carboxylic acids is 1. The van der Waals surface area contributed by atoms with Crippen molar-refractivity contribution in [2.45, 2.75) is 6.92 Å². The minimum absolute atomic E-state index is 0.0108. The number of amides is 1. The number of aromatic nitrogens is 1. The van der Waals surface area contributed by atoms with Gasteiger partial charge < -0.3 is 10.4 Å². The second kappa shape index (κ2) is 6.73. The third kappa shape index (κ3) is 3.83. The van der Waals surface area contributed by atoms with Crippen LogP contribution in [0.15, 0.2) is 24.4 Å². The minimum atomic E-state index is -0.953. The van der Waals surface area contributed by atoms with Crippen LogP contribution in [0.25, 0.3) is 10.6 Å². The fourth-order valence-electron chi connectivity index (χ4n) is 1.56. The zero-order valence-electron chi connectivity index (χ0n) is 11.3. The Labute approximate surface area is 124 Å². The lowest BCUT2D eigenvalue weighted by molar-refractivity contribution is 0.0946. The SMILES string of the molecule is CC(CO)CNC(=O)c1cnc(-c2ccc(F)c(F)c2)s1. The molecular formula is C14H14F2N2O2S. The molecule has 0 saturated heterocycles. The molecule has 0 fully saturated rings. The molecule has 0 spiro atoms. The number of hydrogen-bond acceptors (Lipinski definition) is 4. The van der Waals surface area contributed by atoms with E-state index in [4.69, 9.17) is 5.11 Å². The number of halogens is 2. The number of benzene rings is 1. The molecule has 1 aromatic carbocycles. The summed E-state index contributed by atoms with van der Waals surface area (Å²) in [7, 11) is 0. The maximum Gasteiger partial charge on any atom is 0.263 e. The Hall–Kier alpha value is -1.86. The Kier molecular flexibility index (Phi) is 4.98. The van der Waals surface area contributed by atoms with Crippen LogP contribution in [-0.4, -0.2) is 29.1 Å². The number of thiazole rings is 1. The molecular weight excluding hydrogens is 298 g/mol. The first kappa shape index (κ1) is 15.5. The lowest BCUT2D eigenvalue weighted by Crippen LogP contribution is -2.28. The average Bonchev–Trinajstić information content (AvgIpc) is 2.97. The highest BCUT2D eigenvalue weighted by Gasteiger charge is 2.13. The molecule has 0 saturated carbocycles. The van der Waals surface area contributed by atoms with Crippen LogP contribution in [0.3, 0.4) is 0 Å². The van der Waals surface area contributed by atoms with Gasteiger partial charge in [-0.2, -0.15) is 0 Å². The molecule has 1 atom stereocenters. The molecule has 1 unspecified atom stereocenters. The summed E-state index contributed by atoms with van der Waals surface area (Å²) in [4.78, 5) is 16.3. The Balaban J connectivity index is 2.10. The van der Waals surface area contributed by atoms with Crippen LogP contribution in [0.5, 0.6) is 0 Å². The van der Waals surface area contributed by atoms with Gasteiger partial charge in [-0.15, -0.1) is 11.3 Å². The van der Waals surface area contributed by atoms with E-state index in [0.717, 1.165) is 23.5 Å². The first-order chi connectivity index (χ1) is 10.0. The van der Waals surface area contributed by atoms with Crippen LogP contribution >= 0.6 is 11.3 Å². The monoisotopic (exact) mass is 312 g/mol. The van der Waals surface area contributed by atoms with Gasteiger partial charge in [0.05, 0.1) is 6.20 Å². The molecule has 1 heterocycles. The molecule has 1 aromatic heterocycles. The predicted molar refractivity (Wildman–Crippen MR) is 76.0 cm³/mol. The summed E-state index contributed by atoms with van der Waals surface area (Å²) < 4.78 is 26.1. The van der Waals surface area contributed by atoms with Crippen LogP contribution in [0.1, 0.15) is 16.6 Å². The highest BCUT2D eigenvalue weighted by atomic mass is 32.1. The second-order valence-corrected chi connectivity index (χ2v) is 5.69. The van der Waals surface area contributed by atoms with E-state index in [1.165, 1.54) is 12.3 Å². The zero-order valence-corrected chi connectivity index (χ0v) is 12.1. The van der Waals surface area contributed by atoms with Crippen LogP contribution in [0.2, 0.25) is 0 Å². The molecule has 0 aliphatic carbocycles. The number of hydrogen-bond donors (Lipinski definition) is 2. The van der Waals surface area contributed by atoms with E-state index >= 15 is 0 Å². The van der Waals surface area contributed by atoms with E-state index in [-0.39, 0.29) is 18.4 Å². The van der Waals surface area contributed by atoms with E-state index < -0.39 is 11.6 Å². The molecule has 1 amide bonds. The summed E-state index contributed by atoms with van der Waals surface area (Å²) in [6.07, 6.45) is 1.39. The molecule has 2 aromatic rings. The fraction of sp³-hybridized carbons (Fsp3) is 0.286. The van der Waals surface area contributed by atoms with Gasteiger partial charge in [-0.05, 0) is 24.1 Å². The number of aliphatic hydroxyl groups is 1. The first-order valence-corrected chi connectivity index (χ1v) is 7.13. The number of rotatable bonds is 5. The van der Waals surface area contributed by atoms with Crippen molar-refractivity contribution in [3.8, 4) is 10.6 Å². The van der Waals surface area contributed by atoms with Gasteiger partial charge in [0.15, 0.2) is 11.6 Å². The van der Waals surface area contributed by atoms with Gasteiger partial charge in [-0.1, -0.05) is 6.92 Å². The minimum Gasteiger partial charge on any atom is -0.396 e. The zero-order chi connectivity index (χ0) is 15.4. The molecule has 0 radical (unpaired) electrons. The van der Waals surface area contributed by atoms with Crippen molar-refractivity contribution in [1.82, 2.24) is 10.3 Å². The third-order valence-electron chi connectivity index (χ3n) is 2.82. The molecule has 21 heavy (non-hydrogen) atoms. The maximum atomic E-state index is 13.2. The van der Waals surface area contributed by atoms with Crippen LogP contribution in [0.4, 0.5) is 8.78 Å². The van der Waals surface area contributed by atoms with E-state index in [9.17, 15) is 13.6 Å². The number of carbonyl (C=O) groups is 1. The molecule has 2 N–H and O–H groups in total. The normalized spacial score (nSPS) is 12.2. The number of nitrogens with one attached hydrogen (secondary N) is 1. The van der Waals surface area contributed by atoms with Crippen molar-refractivity contribution < 1.29 is 18.7 Å². The summed E-state index contributed by atoms with van der Waals surface area (Å²) in [5.41, 5.74) is 0.418. The molecule has 2 rings (SSSR count). The Morgan fingerprint density at radius 1 is 1.43 bits per heavy atom. The highest BCUT2D eigenvalue weighted by Crippen LogP contribution is 2.26. The van der Waals surface area contributed by atoms with Gasteiger partial charge in [0.25, 0.3) is 5.91 Å². The Morgan fingerprint density at radius 3 is 2.86 bits per heavy atom. The number of aliphatic hydroxyl groups excluding tert-OH is 1. The molecule has 7 heteroatoms. The largest absolute Gasteiger partial charge is 0.396 e. The Bertz CT molecular complexity index is 646. The standard InChI is InChI=1S/C14H14F2N2O2S/c1-8(7-19)5-17-13(20)12-6-18-14(21-12)9-2-3-10(15)11(16)4-9/h2-4,6,8,19H,5,7H2,1H3,(H,17,20). The highest BCUT2D eigenvalue weighted by molar-refractivity contribution is 7.16. The quantitative estimate of drug-likeness (QED) is 0.891. The summed E-state index contributed by atoms with van der Waals surface area (Å²) in [5, 5.41) is 12.0. The lowest BCUT2D eigenvalue weighted by Gasteiger charge is -2.07. The van der Waals surface area contributed by atoms with Crippen LogP contribution in [-0.2, 0) is 0 Å². The van der Waals surface area contributed by atoms with Gasteiger partial charge in [0, 0.05) is 18.7 Å². The molecule has 0 aliphatic heterocycles. The predicted octanol–water partition coefficient (Wildman–Crippen LogP) is 2.45. The smallest absolute Gasteiger partial charge is 0.263 e. The van der Waals surface area contributed by atoms with Crippen molar-refractivity contribution in [2.75, 3.05) is 13.2 Å². The van der Waals surface area contributed by atoms with Gasteiger partial charge in [0.2, 0.25) is 0 Å². The summed E-state index contributed by atoms with van der Waals surface area (Å²) >= 11 is 1.09. The molecule has 112 valence electrons. The van der Waals surface area contributed by atoms with Crippen molar-refractivity contribution >= 4 is 17.2 Å². The van der Waals surface area contributed by atoms with Crippen LogP contribution < -0.4 is 5.32 Å². The number of nitrogens with zero attached hydrogens (tertiary/aromatic N) is 1. The summed E-state index contributed by atoms with van der Waals surface area (Å²) in [5.74, 6) is -2.22. The average molecular weight is 312 g/mol. The van der Waals surface area contributed by atoms with Gasteiger partial charge >= 0.3 is 0 Å². The van der Waals surface area contributed by atoms with Crippen molar-refractivity contribution in [3.63, 3.8) is 0 Å². The summed E-state index contributed by atoms with van der Waals surface area (Å²) in [6, 6.07) is 3.48. The van der Waals surface area contributed by atoms with E-state index in [1.807, 2.05) is 0 Å². The summed E-state index contributed by atoms with van der Waals surface area (Å²) in [6.45, 7) is 2.15. The fourth-order valence-corrected chi connectivity index (χ4v) is 2.39. The van der Waals surface area contributed by atoms with Gasteiger partial charge in [-0.3, -0.25) is 4.79 Å². The maximum absolute atomic E-state index is 13.2. The third-order valence-corrected chi connectivity index (χ3v) is 3.86. The first-order valence-electron chi connectivity index (χ1n) is 6.31. The van der Waals surface area contributed by atoms with Gasteiger partial charge in [0.1, 0.15) is 9.88 Å². The van der Waals surface area contributed by atoms with E-state index in [1.54, 1.807) is 6.92 Å². The topological polar surface area (TPSA) is 62.2 Å². The van der Waals surface area contributed by atoms with E-state index in [2.05, 4.69) is 10.3 Å².